The highest BCUT2D eigenvalue weighted by Crippen LogP contribution is 2.24. The van der Waals surface area contributed by atoms with E-state index in [-0.39, 0.29) is 92.1 Å². The van der Waals surface area contributed by atoms with Gasteiger partial charge in [0.15, 0.2) is 0 Å². The third-order valence-corrected chi connectivity index (χ3v) is 7.04. The van der Waals surface area contributed by atoms with Gasteiger partial charge in [-0.3, -0.25) is 48.4 Å². The van der Waals surface area contributed by atoms with Gasteiger partial charge in [0, 0.05) is 44.7 Å². The number of carboxylic acids is 6. The maximum absolute atomic E-state index is 12.0. The summed E-state index contributed by atoms with van der Waals surface area (Å²) in [6, 6.07) is 0. The summed E-state index contributed by atoms with van der Waals surface area (Å²) in [4.78, 5) is 74.5. The van der Waals surface area contributed by atoms with Crippen molar-refractivity contribution >= 4 is 35.8 Å². The Morgan fingerprint density at radius 1 is 0.380 bits per heavy atom. The van der Waals surface area contributed by atoms with E-state index in [0.29, 0.717) is 13.2 Å². The molecule has 1 fully saturated rings. The molecule has 1 heterocycles. The molecule has 288 valence electrons. The normalized spacial score (nSPS) is 16.8. The van der Waals surface area contributed by atoms with Crippen LogP contribution in [0.15, 0.2) is 0 Å². The molecule has 6 N–H and O–H groups in total. The van der Waals surface area contributed by atoms with E-state index >= 15 is 0 Å². The summed E-state index contributed by atoms with van der Waals surface area (Å²) in [5.74, 6) is -7.64. The fraction of sp³-hybridized carbons (Fsp3) is 0.793. The van der Waals surface area contributed by atoms with E-state index < -0.39 is 80.5 Å². The van der Waals surface area contributed by atoms with Crippen LogP contribution in [0, 0.1) is 5.41 Å². The maximum atomic E-state index is 12.0. The van der Waals surface area contributed by atoms with Crippen LogP contribution in [0.5, 0.6) is 0 Å². The van der Waals surface area contributed by atoms with Gasteiger partial charge >= 0.3 is 35.8 Å². The van der Waals surface area contributed by atoms with E-state index in [2.05, 4.69) is 0 Å². The number of nitrogens with zero attached hydrogens (tertiary/aromatic N) is 4. The van der Waals surface area contributed by atoms with E-state index in [1.165, 1.54) is 9.80 Å². The van der Waals surface area contributed by atoms with E-state index in [4.69, 9.17) is 23.7 Å². The number of rotatable bonds is 22. The smallest absolute Gasteiger partial charge is 0.317 e. The van der Waals surface area contributed by atoms with Gasteiger partial charge in [0.25, 0.3) is 0 Å². The molecule has 1 aliphatic rings. The summed E-state index contributed by atoms with van der Waals surface area (Å²) in [6.07, 6.45) is 0. The molecule has 0 bridgehead atoms. The topological polar surface area (TPSA) is 283 Å². The summed E-state index contributed by atoms with van der Waals surface area (Å²) >= 11 is 0. The first-order valence-corrected chi connectivity index (χ1v) is 15.8. The van der Waals surface area contributed by atoms with E-state index in [1.54, 1.807) is 0 Å². The molecule has 21 heteroatoms. The minimum absolute atomic E-state index is 0.0821. The quantitative estimate of drug-likeness (QED) is 0.0640. The number of carbonyl (C=O) groups is 6. The molecule has 0 atom stereocenters. The first-order valence-electron chi connectivity index (χ1n) is 15.8. The zero-order valence-electron chi connectivity index (χ0n) is 28.0. The van der Waals surface area contributed by atoms with Crippen molar-refractivity contribution in [3.8, 4) is 0 Å². The summed E-state index contributed by atoms with van der Waals surface area (Å²) in [5.41, 5.74) is -1.19. The van der Waals surface area contributed by atoms with Crippen molar-refractivity contribution in [2.45, 2.75) is 0 Å². The van der Waals surface area contributed by atoms with E-state index in [9.17, 15) is 59.4 Å². The second-order valence-corrected chi connectivity index (χ2v) is 11.6. The molecule has 0 aliphatic carbocycles. The Labute approximate surface area is 288 Å². The monoisotopic (exact) mass is 726 g/mol. The third kappa shape index (κ3) is 23.0. The van der Waals surface area contributed by atoms with Gasteiger partial charge in [0.1, 0.15) is 0 Å². The molecular weight excluding hydrogens is 676 g/mol. The largest absolute Gasteiger partial charge is 0.480 e. The maximum Gasteiger partial charge on any atom is 0.317 e. The molecule has 1 aliphatic heterocycles. The van der Waals surface area contributed by atoms with Gasteiger partial charge in [-0.05, 0) is 0 Å². The Hall–Kier alpha value is -3.54. The molecule has 0 spiro atoms. The fourth-order valence-corrected chi connectivity index (χ4v) is 5.15. The van der Waals surface area contributed by atoms with Crippen LogP contribution in [-0.2, 0) is 52.5 Å². The van der Waals surface area contributed by atoms with Gasteiger partial charge in [0.2, 0.25) is 0 Å². The number of aliphatic carboxylic acids is 6. The van der Waals surface area contributed by atoms with E-state index in [0.717, 1.165) is 9.80 Å². The Balaban J connectivity index is 3.48. The van der Waals surface area contributed by atoms with Crippen LogP contribution < -0.4 is 0 Å². The zero-order chi connectivity index (χ0) is 37.4. The average molecular weight is 727 g/mol. The molecule has 0 aromatic carbocycles. The molecule has 0 amide bonds. The van der Waals surface area contributed by atoms with Gasteiger partial charge in [-0.2, -0.15) is 0 Å². The summed E-state index contributed by atoms with van der Waals surface area (Å²) in [7, 11) is 0. The van der Waals surface area contributed by atoms with Gasteiger partial charge < -0.3 is 54.3 Å². The average Bonchev–Trinajstić information content (AvgIpc) is 2.98. The van der Waals surface area contributed by atoms with Crippen molar-refractivity contribution in [1.82, 2.24) is 19.6 Å². The minimum atomic E-state index is -1.29. The van der Waals surface area contributed by atoms with Crippen molar-refractivity contribution in [2.75, 3.05) is 145 Å². The highest BCUT2D eigenvalue weighted by atomic mass is 16.6. The molecule has 50 heavy (non-hydrogen) atoms. The summed E-state index contributed by atoms with van der Waals surface area (Å²) < 4.78 is 28.4. The lowest BCUT2D eigenvalue weighted by Gasteiger charge is -2.41. The van der Waals surface area contributed by atoms with Gasteiger partial charge in [-0.25, -0.2) is 0 Å². The van der Waals surface area contributed by atoms with Crippen molar-refractivity contribution in [3.63, 3.8) is 0 Å². The van der Waals surface area contributed by atoms with Crippen molar-refractivity contribution in [1.29, 1.82) is 0 Å². The third-order valence-electron chi connectivity index (χ3n) is 7.04. The molecule has 1 saturated heterocycles. The molecule has 0 aromatic heterocycles. The lowest BCUT2D eigenvalue weighted by molar-refractivity contribution is -0.144. The molecule has 0 aromatic rings. The minimum Gasteiger partial charge on any atom is -0.480 e. The second kappa shape index (κ2) is 25.4. The van der Waals surface area contributed by atoms with Crippen LogP contribution in [0.4, 0.5) is 0 Å². The molecule has 1 rings (SSSR count). The number of hydrogen-bond acceptors (Lipinski definition) is 15. The lowest BCUT2D eigenvalue weighted by atomic mass is 9.87. The van der Waals surface area contributed by atoms with Crippen LogP contribution in [0.2, 0.25) is 0 Å². The van der Waals surface area contributed by atoms with Gasteiger partial charge in [0.05, 0.1) is 105 Å². The molecule has 0 radical (unpaired) electrons. The number of carboxylic acid groups (broad SMARTS) is 6. The predicted octanol–water partition coefficient (Wildman–Crippen LogP) is -3.21. The van der Waals surface area contributed by atoms with Crippen LogP contribution in [0.1, 0.15) is 0 Å². The number of hydrogen-bond donors (Lipinski definition) is 6. The van der Waals surface area contributed by atoms with Crippen LogP contribution in [-0.4, -0.2) is 231 Å². The first-order chi connectivity index (χ1) is 23.7. The Morgan fingerprint density at radius 2 is 0.600 bits per heavy atom. The van der Waals surface area contributed by atoms with Crippen molar-refractivity contribution in [3.05, 3.63) is 0 Å². The highest BCUT2D eigenvalue weighted by molar-refractivity contribution is 5.73. The van der Waals surface area contributed by atoms with Crippen LogP contribution >= 0.6 is 0 Å². The van der Waals surface area contributed by atoms with Gasteiger partial charge in [-0.15, -0.1) is 0 Å². The Bertz CT molecular complexity index is 953. The van der Waals surface area contributed by atoms with Crippen LogP contribution in [0.25, 0.3) is 0 Å². The molecular formula is C29H50N4O17. The lowest BCUT2D eigenvalue weighted by Crippen LogP contribution is -2.55. The SMILES string of the molecule is O=C(O)CN(CCN(CC(=O)O)CC1(CN(CCN(CC(=O)O)CC(=O)O)CC(=O)O)COCCOCCOCCOCCOC1)CC(=O)O. The number of ether oxygens (including phenoxy) is 5. The predicted molar refractivity (Wildman–Crippen MR) is 168 cm³/mol. The molecule has 0 saturated carbocycles. The summed E-state index contributed by atoms with van der Waals surface area (Å²) in [5, 5.41) is 56.6. The zero-order valence-corrected chi connectivity index (χ0v) is 28.0. The molecule has 0 unspecified atom stereocenters. The van der Waals surface area contributed by atoms with E-state index in [1.807, 2.05) is 0 Å². The highest BCUT2D eigenvalue weighted by Gasteiger charge is 2.37. The van der Waals surface area contributed by atoms with Crippen molar-refractivity contribution in [2.24, 2.45) is 5.41 Å². The second-order valence-electron chi connectivity index (χ2n) is 11.6. The van der Waals surface area contributed by atoms with Gasteiger partial charge in [-0.1, -0.05) is 0 Å². The molecule has 21 nitrogen and oxygen atoms in total. The summed E-state index contributed by atoms with van der Waals surface area (Å²) in [6.45, 7) is -2.91. The first kappa shape index (κ1) is 44.5. The Morgan fingerprint density at radius 3 is 0.860 bits per heavy atom. The van der Waals surface area contributed by atoms with Crippen LogP contribution in [0.3, 0.4) is 0 Å². The standard InChI is InChI=1S/C29H50N4O17/c34-23(35)13-30(14-24(36)37)1-3-32(17-27(42)43)19-29(21-49-11-9-47-7-5-46-6-8-48-10-12-50-22-29)20-33(18-28(44)45)4-2-31(15-25(38)39)16-26(40)41/h1-22H2,(H,34,35)(H,36,37)(H,38,39)(H,40,41)(H,42,43)(H,44,45). The fourth-order valence-electron chi connectivity index (χ4n) is 5.15. The Kier molecular flexibility index (Phi) is 22.6. The van der Waals surface area contributed by atoms with Crippen molar-refractivity contribution < 1.29 is 83.1 Å².